The molecule has 100 valence electrons. The zero-order valence-electron chi connectivity index (χ0n) is 11.7. The maximum Gasteiger partial charge on any atom is 0.234 e. The van der Waals surface area contributed by atoms with Gasteiger partial charge in [0.1, 0.15) is 0 Å². The van der Waals surface area contributed by atoms with Crippen LogP contribution in [0.3, 0.4) is 0 Å². The number of benzene rings is 1. The second kappa shape index (κ2) is 7.17. The molecular weight excluding hydrogens is 224 g/mol. The molecule has 0 unspecified atom stereocenters. The molecule has 0 spiro atoms. The molecule has 0 fully saturated rings. The Labute approximate surface area is 110 Å². The number of rotatable bonds is 6. The van der Waals surface area contributed by atoms with Crippen molar-refractivity contribution in [3.05, 3.63) is 35.9 Å². The van der Waals surface area contributed by atoms with E-state index < -0.39 is 0 Å². The van der Waals surface area contributed by atoms with Gasteiger partial charge in [0.25, 0.3) is 0 Å². The van der Waals surface area contributed by atoms with E-state index in [2.05, 4.69) is 36.6 Å². The highest BCUT2D eigenvalue weighted by atomic mass is 16.1. The first-order valence-electron chi connectivity index (χ1n) is 6.58. The predicted octanol–water partition coefficient (Wildman–Crippen LogP) is 2.50. The minimum atomic E-state index is 0.0478. The van der Waals surface area contributed by atoms with Gasteiger partial charge >= 0.3 is 0 Å². The Hall–Kier alpha value is -1.35. The minimum Gasteiger partial charge on any atom is -0.353 e. The van der Waals surface area contributed by atoms with Gasteiger partial charge in [-0.15, -0.1) is 0 Å². The first-order valence-corrected chi connectivity index (χ1v) is 6.58. The molecule has 0 bridgehead atoms. The lowest BCUT2D eigenvalue weighted by atomic mass is 9.96. The number of carbonyl (C=O) groups is 1. The van der Waals surface area contributed by atoms with Crippen molar-refractivity contribution in [2.75, 3.05) is 6.54 Å². The monoisotopic (exact) mass is 248 g/mol. The number of hydrogen-bond acceptors (Lipinski definition) is 2. The molecule has 3 nitrogen and oxygen atoms in total. The van der Waals surface area contributed by atoms with Crippen molar-refractivity contribution in [2.24, 2.45) is 5.92 Å². The summed E-state index contributed by atoms with van der Waals surface area (Å²) in [4.78, 5) is 11.6. The summed E-state index contributed by atoms with van der Waals surface area (Å²) in [7, 11) is 0. The van der Waals surface area contributed by atoms with Crippen molar-refractivity contribution in [3.63, 3.8) is 0 Å². The molecule has 1 aromatic carbocycles. The van der Waals surface area contributed by atoms with E-state index in [1.807, 2.05) is 32.0 Å². The van der Waals surface area contributed by atoms with Crippen LogP contribution in [0.5, 0.6) is 0 Å². The van der Waals surface area contributed by atoms with Crippen LogP contribution in [-0.2, 0) is 4.79 Å². The Balaban J connectivity index is 2.57. The Morgan fingerprint density at radius 2 is 1.72 bits per heavy atom. The molecule has 2 N–H and O–H groups in total. The third-order valence-corrected chi connectivity index (χ3v) is 2.76. The fourth-order valence-electron chi connectivity index (χ4n) is 1.97. The van der Waals surface area contributed by atoms with Crippen LogP contribution >= 0.6 is 0 Å². The van der Waals surface area contributed by atoms with E-state index >= 15 is 0 Å². The highest BCUT2D eigenvalue weighted by Crippen LogP contribution is 2.20. The highest BCUT2D eigenvalue weighted by Gasteiger charge is 2.16. The Kier molecular flexibility index (Phi) is 5.86. The smallest absolute Gasteiger partial charge is 0.234 e. The molecular formula is C15H24N2O. The summed E-state index contributed by atoms with van der Waals surface area (Å²) in [5, 5.41) is 6.22. The van der Waals surface area contributed by atoms with Gasteiger partial charge in [-0.25, -0.2) is 0 Å². The first-order chi connectivity index (χ1) is 8.50. The molecule has 0 radical (unpaired) electrons. The van der Waals surface area contributed by atoms with Gasteiger partial charge in [-0.3, -0.25) is 4.79 Å². The Morgan fingerprint density at radius 3 is 2.22 bits per heavy atom. The molecule has 0 aliphatic carbocycles. The minimum absolute atomic E-state index is 0.0478. The van der Waals surface area contributed by atoms with Crippen LogP contribution in [0.4, 0.5) is 0 Å². The molecule has 0 heterocycles. The lowest BCUT2D eigenvalue weighted by Crippen LogP contribution is -2.40. The standard InChI is InChI=1S/C15H24N2O/c1-11(2)15(13-8-6-5-7-9-13)16-10-14(18)17-12(3)4/h5-9,11-12,15-16H,10H2,1-4H3,(H,17,18)/t15-/m1/s1. The molecule has 18 heavy (non-hydrogen) atoms. The molecule has 1 aromatic rings. The fraction of sp³-hybridized carbons (Fsp3) is 0.533. The van der Waals surface area contributed by atoms with Crippen molar-refractivity contribution in [1.82, 2.24) is 10.6 Å². The van der Waals surface area contributed by atoms with Gasteiger partial charge in [-0.05, 0) is 25.3 Å². The summed E-state index contributed by atoms with van der Waals surface area (Å²) in [6.45, 7) is 8.61. The van der Waals surface area contributed by atoms with Gasteiger partial charge in [0, 0.05) is 12.1 Å². The molecule has 0 saturated heterocycles. The third-order valence-electron chi connectivity index (χ3n) is 2.76. The van der Waals surface area contributed by atoms with Gasteiger partial charge in [0.05, 0.1) is 6.54 Å². The quantitative estimate of drug-likeness (QED) is 0.812. The summed E-state index contributed by atoms with van der Waals surface area (Å²) >= 11 is 0. The maximum absolute atomic E-state index is 11.6. The average Bonchev–Trinajstić information content (AvgIpc) is 2.29. The number of hydrogen-bond donors (Lipinski definition) is 2. The molecule has 0 aliphatic rings. The lowest BCUT2D eigenvalue weighted by molar-refractivity contribution is -0.120. The maximum atomic E-state index is 11.6. The van der Waals surface area contributed by atoms with Crippen LogP contribution in [-0.4, -0.2) is 18.5 Å². The highest BCUT2D eigenvalue weighted by molar-refractivity contribution is 5.78. The first kappa shape index (κ1) is 14.7. The number of amides is 1. The van der Waals surface area contributed by atoms with Gasteiger partial charge in [0.2, 0.25) is 5.91 Å². The summed E-state index contributed by atoms with van der Waals surface area (Å²) in [6.07, 6.45) is 0. The second-order valence-corrected chi connectivity index (χ2v) is 5.24. The molecule has 0 saturated carbocycles. The van der Waals surface area contributed by atoms with E-state index in [1.165, 1.54) is 5.56 Å². The van der Waals surface area contributed by atoms with Gasteiger partial charge < -0.3 is 10.6 Å². The Morgan fingerprint density at radius 1 is 1.11 bits per heavy atom. The molecule has 1 rings (SSSR count). The van der Waals surface area contributed by atoms with E-state index in [0.29, 0.717) is 12.5 Å². The van der Waals surface area contributed by atoms with Crippen LogP contribution in [0.1, 0.15) is 39.3 Å². The summed E-state index contributed by atoms with van der Waals surface area (Å²) in [5.74, 6) is 0.492. The number of carbonyl (C=O) groups excluding carboxylic acids is 1. The molecule has 0 aromatic heterocycles. The van der Waals surface area contributed by atoms with E-state index in [-0.39, 0.29) is 18.0 Å². The third kappa shape index (κ3) is 4.88. The van der Waals surface area contributed by atoms with Crippen molar-refractivity contribution in [2.45, 2.75) is 39.8 Å². The van der Waals surface area contributed by atoms with Crippen molar-refractivity contribution in [3.8, 4) is 0 Å². The second-order valence-electron chi connectivity index (χ2n) is 5.24. The van der Waals surface area contributed by atoms with Crippen LogP contribution < -0.4 is 10.6 Å². The fourth-order valence-corrected chi connectivity index (χ4v) is 1.97. The molecule has 1 atom stereocenters. The largest absolute Gasteiger partial charge is 0.353 e. The van der Waals surface area contributed by atoms with E-state index in [4.69, 9.17) is 0 Å². The molecule has 3 heteroatoms. The van der Waals surface area contributed by atoms with Crippen LogP contribution in [0.25, 0.3) is 0 Å². The van der Waals surface area contributed by atoms with Gasteiger partial charge in [0.15, 0.2) is 0 Å². The summed E-state index contributed by atoms with van der Waals surface area (Å²) in [5.41, 5.74) is 1.23. The molecule has 0 aliphatic heterocycles. The lowest BCUT2D eigenvalue weighted by Gasteiger charge is -2.23. The normalized spacial score (nSPS) is 12.8. The summed E-state index contributed by atoms with van der Waals surface area (Å²) < 4.78 is 0. The van der Waals surface area contributed by atoms with Crippen LogP contribution in [0, 0.1) is 5.92 Å². The van der Waals surface area contributed by atoms with Crippen LogP contribution in [0.15, 0.2) is 30.3 Å². The van der Waals surface area contributed by atoms with E-state index in [9.17, 15) is 4.79 Å². The van der Waals surface area contributed by atoms with Crippen molar-refractivity contribution < 1.29 is 4.79 Å². The molecule has 1 amide bonds. The van der Waals surface area contributed by atoms with Crippen molar-refractivity contribution in [1.29, 1.82) is 0 Å². The van der Waals surface area contributed by atoms with Crippen LogP contribution in [0.2, 0.25) is 0 Å². The number of nitrogens with one attached hydrogen (secondary N) is 2. The average molecular weight is 248 g/mol. The zero-order chi connectivity index (χ0) is 13.5. The van der Waals surface area contributed by atoms with Gasteiger partial charge in [-0.2, -0.15) is 0 Å². The zero-order valence-corrected chi connectivity index (χ0v) is 11.7. The van der Waals surface area contributed by atoms with Gasteiger partial charge in [-0.1, -0.05) is 44.2 Å². The summed E-state index contributed by atoms with van der Waals surface area (Å²) in [6, 6.07) is 10.7. The van der Waals surface area contributed by atoms with E-state index in [0.717, 1.165) is 0 Å². The van der Waals surface area contributed by atoms with E-state index in [1.54, 1.807) is 0 Å². The topological polar surface area (TPSA) is 41.1 Å². The predicted molar refractivity (Wildman–Crippen MR) is 75.3 cm³/mol. The Bertz CT molecular complexity index is 360. The SMILES string of the molecule is CC(C)NC(=O)CN[C@@H](c1ccccc1)C(C)C. The van der Waals surface area contributed by atoms with Crippen molar-refractivity contribution >= 4 is 5.91 Å².